The molecule has 2 rings (SSSR count). The van der Waals surface area contributed by atoms with Gasteiger partial charge in [-0.1, -0.05) is 25.5 Å². The number of unbranched alkanes of at least 4 members (excludes halogenated alkanes) is 1. The van der Waals surface area contributed by atoms with Gasteiger partial charge in [0.1, 0.15) is 5.75 Å². The van der Waals surface area contributed by atoms with Gasteiger partial charge in [-0.3, -0.25) is 14.9 Å². The SMILES string of the molecule is CCCCOc1cccc(C(=O)NC(=S)Nc2cccc(C(=O)NC)c2)c1. The number of carbonyl (C=O) groups excluding carboxylic acids is 2. The van der Waals surface area contributed by atoms with E-state index in [-0.39, 0.29) is 16.9 Å². The molecule has 0 spiro atoms. The molecule has 27 heavy (non-hydrogen) atoms. The molecule has 0 aliphatic heterocycles. The molecular weight excluding hydrogens is 362 g/mol. The monoisotopic (exact) mass is 385 g/mol. The molecule has 0 aliphatic carbocycles. The number of amides is 2. The van der Waals surface area contributed by atoms with Crippen LogP contribution in [0.4, 0.5) is 5.69 Å². The van der Waals surface area contributed by atoms with Crippen LogP contribution in [-0.2, 0) is 0 Å². The summed E-state index contributed by atoms with van der Waals surface area (Å²) >= 11 is 5.19. The number of thiocarbonyl (C=S) groups is 1. The Kier molecular flexibility index (Phi) is 7.76. The first kappa shape index (κ1) is 20.4. The highest BCUT2D eigenvalue weighted by Crippen LogP contribution is 2.14. The molecule has 0 saturated heterocycles. The second-order valence-corrected chi connectivity index (χ2v) is 6.21. The summed E-state index contributed by atoms with van der Waals surface area (Å²) < 4.78 is 5.62. The molecule has 2 aromatic rings. The van der Waals surface area contributed by atoms with Crippen molar-refractivity contribution in [3.05, 3.63) is 59.7 Å². The third-order valence-electron chi connectivity index (χ3n) is 3.70. The van der Waals surface area contributed by atoms with Crippen LogP contribution in [0.1, 0.15) is 40.5 Å². The molecule has 7 heteroatoms. The van der Waals surface area contributed by atoms with Gasteiger partial charge in [0.2, 0.25) is 0 Å². The largest absolute Gasteiger partial charge is 0.494 e. The van der Waals surface area contributed by atoms with Gasteiger partial charge in [-0.05, 0) is 55.0 Å². The average molecular weight is 385 g/mol. The maximum atomic E-state index is 12.4. The molecule has 2 amide bonds. The number of carbonyl (C=O) groups is 2. The van der Waals surface area contributed by atoms with Crippen LogP contribution in [0.25, 0.3) is 0 Å². The molecule has 0 radical (unpaired) electrons. The highest BCUT2D eigenvalue weighted by atomic mass is 32.1. The molecule has 0 heterocycles. The Balaban J connectivity index is 1.96. The summed E-state index contributed by atoms with van der Waals surface area (Å²) in [6.45, 7) is 2.70. The van der Waals surface area contributed by atoms with Crippen LogP contribution in [0.5, 0.6) is 5.75 Å². The van der Waals surface area contributed by atoms with Crippen molar-refractivity contribution in [1.29, 1.82) is 0 Å². The van der Waals surface area contributed by atoms with E-state index in [4.69, 9.17) is 17.0 Å². The number of hydrogen-bond donors (Lipinski definition) is 3. The molecule has 0 unspecified atom stereocenters. The van der Waals surface area contributed by atoms with Crippen LogP contribution in [0, 0.1) is 0 Å². The van der Waals surface area contributed by atoms with Crippen molar-refractivity contribution in [2.75, 3.05) is 19.0 Å². The zero-order valence-electron chi connectivity index (χ0n) is 15.4. The van der Waals surface area contributed by atoms with Gasteiger partial charge in [0.05, 0.1) is 6.61 Å². The van der Waals surface area contributed by atoms with Crippen LogP contribution in [-0.4, -0.2) is 30.6 Å². The standard InChI is InChI=1S/C20H23N3O3S/c1-3-4-11-26-17-10-6-8-15(13-17)19(25)23-20(27)22-16-9-5-7-14(12-16)18(24)21-2/h5-10,12-13H,3-4,11H2,1-2H3,(H,21,24)(H2,22,23,25,27). The van der Waals surface area contributed by atoms with Gasteiger partial charge in [0, 0.05) is 23.9 Å². The van der Waals surface area contributed by atoms with Crippen molar-refractivity contribution in [2.45, 2.75) is 19.8 Å². The maximum absolute atomic E-state index is 12.4. The van der Waals surface area contributed by atoms with Crippen LogP contribution in [0.2, 0.25) is 0 Å². The van der Waals surface area contributed by atoms with E-state index in [1.165, 1.54) is 0 Å². The molecule has 2 aromatic carbocycles. The van der Waals surface area contributed by atoms with Gasteiger partial charge in [-0.2, -0.15) is 0 Å². The lowest BCUT2D eigenvalue weighted by Gasteiger charge is -2.11. The molecule has 3 N–H and O–H groups in total. The Morgan fingerprint density at radius 3 is 2.44 bits per heavy atom. The lowest BCUT2D eigenvalue weighted by molar-refractivity contribution is 0.0959. The van der Waals surface area contributed by atoms with E-state index in [1.807, 2.05) is 6.07 Å². The highest BCUT2D eigenvalue weighted by Gasteiger charge is 2.10. The minimum Gasteiger partial charge on any atom is -0.494 e. The summed E-state index contributed by atoms with van der Waals surface area (Å²) in [4.78, 5) is 24.1. The fourth-order valence-corrected chi connectivity index (χ4v) is 2.49. The third-order valence-corrected chi connectivity index (χ3v) is 3.90. The Labute approximate surface area is 164 Å². The van der Waals surface area contributed by atoms with Crippen LogP contribution in [0.3, 0.4) is 0 Å². The van der Waals surface area contributed by atoms with Crippen molar-refractivity contribution in [1.82, 2.24) is 10.6 Å². The van der Waals surface area contributed by atoms with Gasteiger partial charge in [-0.15, -0.1) is 0 Å². The number of ether oxygens (including phenoxy) is 1. The molecule has 142 valence electrons. The molecule has 0 atom stereocenters. The molecule has 0 aliphatic rings. The van der Waals surface area contributed by atoms with Crippen LogP contribution >= 0.6 is 12.2 Å². The van der Waals surface area contributed by atoms with E-state index in [0.717, 1.165) is 12.8 Å². The number of rotatable bonds is 7. The van der Waals surface area contributed by atoms with Crippen molar-refractivity contribution in [3.8, 4) is 5.75 Å². The number of benzene rings is 2. The first-order chi connectivity index (χ1) is 13.0. The summed E-state index contributed by atoms with van der Waals surface area (Å²) in [5.41, 5.74) is 1.55. The number of nitrogens with one attached hydrogen (secondary N) is 3. The zero-order chi connectivity index (χ0) is 19.6. The second-order valence-electron chi connectivity index (χ2n) is 5.80. The van der Waals surface area contributed by atoms with Gasteiger partial charge in [0.15, 0.2) is 5.11 Å². The first-order valence-electron chi connectivity index (χ1n) is 8.71. The lowest BCUT2D eigenvalue weighted by Crippen LogP contribution is -2.34. The van der Waals surface area contributed by atoms with Crippen LogP contribution in [0.15, 0.2) is 48.5 Å². The first-order valence-corrected chi connectivity index (χ1v) is 9.11. The van der Waals surface area contributed by atoms with E-state index in [9.17, 15) is 9.59 Å². The minimum atomic E-state index is -0.337. The van der Waals surface area contributed by atoms with E-state index >= 15 is 0 Å². The lowest BCUT2D eigenvalue weighted by atomic mass is 10.2. The fourth-order valence-electron chi connectivity index (χ4n) is 2.28. The van der Waals surface area contributed by atoms with Gasteiger partial charge in [-0.25, -0.2) is 0 Å². The summed E-state index contributed by atoms with van der Waals surface area (Å²) in [5.74, 6) is 0.109. The van der Waals surface area contributed by atoms with Gasteiger partial charge < -0.3 is 15.4 Å². The summed E-state index contributed by atoms with van der Waals surface area (Å²) in [6.07, 6.45) is 2.00. The average Bonchev–Trinajstić information content (AvgIpc) is 2.68. The summed E-state index contributed by atoms with van der Waals surface area (Å²) in [7, 11) is 1.56. The molecule has 0 aromatic heterocycles. The van der Waals surface area contributed by atoms with E-state index < -0.39 is 0 Å². The Morgan fingerprint density at radius 1 is 1.04 bits per heavy atom. The van der Waals surface area contributed by atoms with E-state index in [0.29, 0.717) is 29.2 Å². The number of anilines is 1. The molecule has 6 nitrogen and oxygen atoms in total. The Bertz CT molecular complexity index is 824. The third kappa shape index (κ3) is 6.38. The molecule has 0 saturated carbocycles. The quantitative estimate of drug-likeness (QED) is 0.503. The van der Waals surface area contributed by atoms with Gasteiger partial charge >= 0.3 is 0 Å². The zero-order valence-corrected chi connectivity index (χ0v) is 16.2. The Morgan fingerprint density at radius 2 is 1.74 bits per heavy atom. The summed E-state index contributed by atoms with van der Waals surface area (Å²) in [5, 5.41) is 8.24. The minimum absolute atomic E-state index is 0.145. The topological polar surface area (TPSA) is 79.5 Å². The molecule has 0 fully saturated rings. The van der Waals surface area contributed by atoms with E-state index in [2.05, 4.69) is 22.9 Å². The normalized spacial score (nSPS) is 10.0. The highest BCUT2D eigenvalue weighted by molar-refractivity contribution is 7.80. The van der Waals surface area contributed by atoms with Gasteiger partial charge in [0.25, 0.3) is 11.8 Å². The van der Waals surface area contributed by atoms with Crippen molar-refractivity contribution >= 4 is 34.8 Å². The molecule has 0 bridgehead atoms. The smallest absolute Gasteiger partial charge is 0.257 e. The summed E-state index contributed by atoms with van der Waals surface area (Å²) in [6, 6.07) is 13.8. The predicted molar refractivity (Wildman–Crippen MR) is 110 cm³/mol. The molecular formula is C20H23N3O3S. The Hall–Kier alpha value is -2.93. The maximum Gasteiger partial charge on any atom is 0.257 e. The van der Waals surface area contributed by atoms with E-state index in [1.54, 1.807) is 49.5 Å². The van der Waals surface area contributed by atoms with Crippen molar-refractivity contribution < 1.29 is 14.3 Å². The van der Waals surface area contributed by atoms with Crippen molar-refractivity contribution in [3.63, 3.8) is 0 Å². The van der Waals surface area contributed by atoms with Crippen LogP contribution < -0.4 is 20.7 Å². The predicted octanol–water partition coefficient (Wildman–Crippen LogP) is 3.35. The number of hydrogen-bond acceptors (Lipinski definition) is 4. The second kappa shape index (κ2) is 10.3. The fraction of sp³-hybridized carbons (Fsp3) is 0.250. The van der Waals surface area contributed by atoms with Crippen molar-refractivity contribution in [2.24, 2.45) is 0 Å².